The van der Waals surface area contributed by atoms with Gasteiger partial charge in [0.15, 0.2) is 0 Å². The van der Waals surface area contributed by atoms with Crippen LogP contribution in [0.5, 0.6) is 0 Å². The lowest BCUT2D eigenvalue weighted by Gasteiger charge is -2.36. The molecule has 0 spiro atoms. The van der Waals surface area contributed by atoms with Gasteiger partial charge in [-0.25, -0.2) is 0 Å². The molecule has 0 bridgehead atoms. The summed E-state index contributed by atoms with van der Waals surface area (Å²) in [6, 6.07) is 0. The third kappa shape index (κ3) is 3.21. The van der Waals surface area contributed by atoms with Gasteiger partial charge in [0.25, 0.3) is 0 Å². The molecule has 1 heterocycles. The van der Waals surface area contributed by atoms with Gasteiger partial charge >= 0.3 is 0 Å². The third-order valence-corrected chi connectivity index (χ3v) is 4.19. The van der Waals surface area contributed by atoms with E-state index in [1.54, 1.807) is 0 Å². The molecule has 2 atom stereocenters. The van der Waals surface area contributed by atoms with E-state index in [9.17, 15) is 0 Å². The Morgan fingerprint density at radius 1 is 1.12 bits per heavy atom. The first-order valence-electron chi connectivity index (χ1n) is 7.24. The molecular weight excluding hydrogens is 198 g/mol. The molecule has 0 amide bonds. The van der Waals surface area contributed by atoms with Crippen molar-refractivity contribution in [2.45, 2.75) is 58.0 Å². The second-order valence-electron chi connectivity index (χ2n) is 5.49. The van der Waals surface area contributed by atoms with Crippen molar-refractivity contribution in [3.63, 3.8) is 0 Å². The Bertz CT molecular complexity index is 189. The molecule has 2 unspecified atom stereocenters. The molecule has 2 fully saturated rings. The van der Waals surface area contributed by atoms with Crippen LogP contribution in [0.2, 0.25) is 0 Å². The van der Waals surface area contributed by atoms with Crippen LogP contribution in [0, 0.1) is 11.8 Å². The zero-order valence-electron chi connectivity index (χ0n) is 10.7. The van der Waals surface area contributed by atoms with Gasteiger partial charge in [-0.3, -0.25) is 0 Å². The molecule has 1 aliphatic heterocycles. The average molecular weight is 225 g/mol. The van der Waals surface area contributed by atoms with Crippen molar-refractivity contribution in [2.75, 3.05) is 19.7 Å². The van der Waals surface area contributed by atoms with Crippen LogP contribution in [0.4, 0.5) is 0 Å². The summed E-state index contributed by atoms with van der Waals surface area (Å²) in [4.78, 5) is 0. The van der Waals surface area contributed by atoms with Crippen molar-refractivity contribution >= 4 is 0 Å². The van der Waals surface area contributed by atoms with E-state index in [-0.39, 0.29) is 0 Å². The molecule has 16 heavy (non-hydrogen) atoms. The lowest BCUT2D eigenvalue weighted by molar-refractivity contribution is -0.0582. The molecule has 2 heteroatoms. The van der Waals surface area contributed by atoms with Crippen molar-refractivity contribution < 1.29 is 4.74 Å². The average Bonchev–Trinajstić information content (AvgIpc) is 2.83. The summed E-state index contributed by atoms with van der Waals surface area (Å²) in [5.41, 5.74) is 0. The fourth-order valence-electron chi connectivity index (χ4n) is 3.35. The fraction of sp³-hybridized carbons (Fsp3) is 1.00. The van der Waals surface area contributed by atoms with Gasteiger partial charge in [0.1, 0.15) is 0 Å². The second-order valence-corrected chi connectivity index (χ2v) is 5.49. The van der Waals surface area contributed by atoms with E-state index < -0.39 is 0 Å². The molecule has 0 radical (unpaired) electrons. The Morgan fingerprint density at radius 2 is 1.94 bits per heavy atom. The minimum atomic E-state index is 0.570. The minimum absolute atomic E-state index is 0.570. The van der Waals surface area contributed by atoms with E-state index in [0.717, 1.165) is 25.0 Å². The number of ether oxygens (including phenoxy) is 1. The molecule has 1 aliphatic carbocycles. The number of rotatable bonds is 5. The first kappa shape index (κ1) is 12.4. The number of hydrogen-bond acceptors (Lipinski definition) is 2. The molecular formula is C14H27NO. The zero-order chi connectivity index (χ0) is 11.2. The van der Waals surface area contributed by atoms with E-state index >= 15 is 0 Å². The van der Waals surface area contributed by atoms with E-state index in [2.05, 4.69) is 12.2 Å². The predicted octanol–water partition coefficient (Wildman–Crippen LogP) is 2.97. The van der Waals surface area contributed by atoms with Crippen LogP contribution in [0.3, 0.4) is 0 Å². The van der Waals surface area contributed by atoms with Gasteiger partial charge in [-0.05, 0) is 50.5 Å². The van der Waals surface area contributed by atoms with Crippen LogP contribution in [-0.2, 0) is 4.74 Å². The van der Waals surface area contributed by atoms with Gasteiger partial charge in [0.2, 0.25) is 0 Å². The zero-order valence-corrected chi connectivity index (χ0v) is 10.7. The lowest BCUT2D eigenvalue weighted by atomic mass is 9.85. The summed E-state index contributed by atoms with van der Waals surface area (Å²) in [6.07, 6.45) is 10.1. The summed E-state index contributed by atoms with van der Waals surface area (Å²) in [5, 5.41) is 3.58. The normalized spacial score (nSPS) is 32.1. The van der Waals surface area contributed by atoms with Crippen LogP contribution in [0.1, 0.15) is 51.9 Å². The Hall–Kier alpha value is -0.0800. The van der Waals surface area contributed by atoms with E-state index in [4.69, 9.17) is 4.74 Å². The number of hydrogen-bond donors (Lipinski definition) is 1. The van der Waals surface area contributed by atoms with E-state index in [0.29, 0.717) is 6.10 Å². The van der Waals surface area contributed by atoms with Gasteiger partial charge in [0.05, 0.1) is 6.10 Å². The second kappa shape index (κ2) is 6.61. The summed E-state index contributed by atoms with van der Waals surface area (Å²) in [5.74, 6) is 1.65. The van der Waals surface area contributed by atoms with Crippen molar-refractivity contribution in [1.29, 1.82) is 0 Å². The van der Waals surface area contributed by atoms with Crippen molar-refractivity contribution in [3.8, 4) is 0 Å². The Kier molecular flexibility index (Phi) is 5.11. The predicted molar refractivity (Wildman–Crippen MR) is 67.6 cm³/mol. The summed E-state index contributed by atoms with van der Waals surface area (Å²) < 4.78 is 6.07. The number of nitrogens with one attached hydrogen (secondary N) is 1. The third-order valence-electron chi connectivity index (χ3n) is 4.19. The summed E-state index contributed by atoms with van der Waals surface area (Å²) in [7, 11) is 0. The van der Waals surface area contributed by atoms with Crippen LogP contribution in [-0.4, -0.2) is 25.8 Å². The molecule has 0 aromatic carbocycles. The van der Waals surface area contributed by atoms with Crippen molar-refractivity contribution in [2.24, 2.45) is 11.8 Å². The highest BCUT2D eigenvalue weighted by atomic mass is 16.5. The van der Waals surface area contributed by atoms with E-state index in [1.165, 1.54) is 51.5 Å². The van der Waals surface area contributed by atoms with Gasteiger partial charge in [0, 0.05) is 13.2 Å². The Labute approximate surface area is 100 Å². The standard InChI is InChI=1S/C14H27NO/c1-2-9-15-11-13-8-5-10-16-14(13)12-6-3-4-7-12/h12-15H,2-11H2,1H3. The van der Waals surface area contributed by atoms with Gasteiger partial charge < -0.3 is 10.1 Å². The first-order valence-corrected chi connectivity index (χ1v) is 7.24. The maximum Gasteiger partial charge on any atom is 0.0643 e. The van der Waals surface area contributed by atoms with Crippen LogP contribution in [0.15, 0.2) is 0 Å². The van der Waals surface area contributed by atoms with Crippen LogP contribution < -0.4 is 5.32 Å². The Morgan fingerprint density at radius 3 is 2.69 bits per heavy atom. The lowest BCUT2D eigenvalue weighted by Crippen LogP contribution is -2.40. The molecule has 2 rings (SSSR count). The highest BCUT2D eigenvalue weighted by molar-refractivity contribution is 4.84. The minimum Gasteiger partial charge on any atom is -0.378 e. The van der Waals surface area contributed by atoms with Crippen LogP contribution >= 0.6 is 0 Å². The molecule has 2 nitrogen and oxygen atoms in total. The highest BCUT2D eigenvalue weighted by Crippen LogP contribution is 2.35. The van der Waals surface area contributed by atoms with E-state index in [1.807, 2.05) is 0 Å². The molecule has 0 aromatic rings. The van der Waals surface area contributed by atoms with Gasteiger partial charge in [-0.2, -0.15) is 0 Å². The first-order chi connectivity index (χ1) is 7.92. The van der Waals surface area contributed by atoms with Crippen molar-refractivity contribution in [1.82, 2.24) is 5.32 Å². The fourth-order valence-corrected chi connectivity index (χ4v) is 3.35. The maximum atomic E-state index is 6.07. The molecule has 1 saturated heterocycles. The van der Waals surface area contributed by atoms with Gasteiger partial charge in [-0.1, -0.05) is 19.8 Å². The quantitative estimate of drug-likeness (QED) is 0.726. The van der Waals surface area contributed by atoms with Crippen LogP contribution in [0.25, 0.3) is 0 Å². The molecule has 0 aromatic heterocycles. The monoisotopic (exact) mass is 225 g/mol. The Balaban J connectivity index is 1.81. The largest absolute Gasteiger partial charge is 0.378 e. The van der Waals surface area contributed by atoms with Gasteiger partial charge in [-0.15, -0.1) is 0 Å². The molecule has 2 aliphatic rings. The topological polar surface area (TPSA) is 21.3 Å². The maximum absolute atomic E-state index is 6.07. The SMILES string of the molecule is CCCNCC1CCCOC1C1CCCC1. The highest BCUT2D eigenvalue weighted by Gasteiger charge is 2.33. The molecule has 1 saturated carbocycles. The molecule has 94 valence electrons. The summed E-state index contributed by atoms with van der Waals surface area (Å²) in [6.45, 7) is 5.58. The van der Waals surface area contributed by atoms with Crippen molar-refractivity contribution in [3.05, 3.63) is 0 Å². The smallest absolute Gasteiger partial charge is 0.0643 e. The molecule has 1 N–H and O–H groups in total. The summed E-state index contributed by atoms with van der Waals surface area (Å²) >= 11 is 0.